The topological polar surface area (TPSA) is 75.4 Å². The molecule has 2 heterocycles. The van der Waals surface area contributed by atoms with E-state index < -0.39 is 6.10 Å². The van der Waals surface area contributed by atoms with Gasteiger partial charge in [0.15, 0.2) is 0 Å². The highest BCUT2D eigenvalue weighted by Crippen LogP contribution is 2.23. The number of amides is 1. The van der Waals surface area contributed by atoms with Crippen LogP contribution in [0.5, 0.6) is 0 Å². The Morgan fingerprint density at radius 2 is 2.50 bits per heavy atom. The molecule has 5 nitrogen and oxygen atoms in total. The number of carbonyl (C=O) groups excluding carboxylic acids is 1. The Hall–Kier alpha value is -1.66. The number of nitrogens with zero attached hydrogens (tertiary/aromatic N) is 1. The largest absolute Gasteiger partial charge is 0.444 e. The molecule has 0 bridgehead atoms. The minimum absolute atomic E-state index is 0.154. The van der Waals surface area contributed by atoms with E-state index in [4.69, 9.17) is 9.52 Å². The Kier molecular flexibility index (Phi) is 4.11. The number of carbonyl (C=O) groups is 1. The summed E-state index contributed by atoms with van der Waals surface area (Å²) in [4.78, 5) is 16.7. The Morgan fingerprint density at radius 3 is 3.17 bits per heavy atom. The summed E-state index contributed by atoms with van der Waals surface area (Å²) in [5.74, 6) is 0.352. The van der Waals surface area contributed by atoms with Crippen molar-refractivity contribution in [2.24, 2.45) is 0 Å². The zero-order chi connectivity index (χ0) is 13.0. The lowest BCUT2D eigenvalue weighted by Gasteiger charge is -2.05. The Labute approximate surface area is 108 Å². The monoisotopic (exact) mass is 266 g/mol. The number of nitrogens with one attached hydrogen (secondary N) is 1. The fourth-order valence-corrected chi connectivity index (χ4v) is 2.05. The van der Waals surface area contributed by atoms with Gasteiger partial charge in [0, 0.05) is 6.54 Å². The smallest absolute Gasteiger partial charge is 0.236 e. The van der Waals surface area contributed by atoms with E-state index in [1.54, 1.807) is 6.92 Å². The summed E-state index contributed by atoms with van der Waals surface area (Å²) in [6.07, 6.45) is 1.09. The summed E-state index contributed by atoms with van der Waals surface area (Å²) in [6, 6.07) is 3.83. The number of aliphatic hydroxyl groups excluding tert-OH is 1. The van der Waals surface area contributed by atoms with Gasteiger partial charge in [-0.3, -0.25) is 4.79 Å². The van der Waals surface area contributed by atoms with Crippen LogP contribution in [0, 0.1) is 0 Å². The molecular formula is C12H14N2O3S. The Morgan fingerprint density at radius 1 is 1.67 bits per heavy atom. The highest BCUT2D eigenvalue weighted by atomic mass is 32.1. The van der Waals surface area contributed by atoms with Crippen molar-refractivity contribution in [3.8, 4) is 10.8 Å². The zero-order valence-corrected chi connectivity index (χ0v) is 10.7. The van der Waals surface area contributed by atoms with E-state index in [-0.39, 0.29) is 18.9 Å². The number of aromatic nitrogens is 1. The van der Waals surface area contributed by atoms with E-state index >= 15 is 0 Å². The van der Waals surface area contributed by atoms with E-state index in [0.29, 0.717) is 11.6 Å². The number of thiophene rings is 1. The third-order valence-corrected chi connectivity index (χ3v) is 3.08. The molecular weight excluding hydrogens is 252 g/mol. The van der Waals surface area contributed by atoms with Crippen LogP contribution < -0.4 is 5.32 Å². The first-order chi connectivity index (χ1) is 8.65. The van der Waals surface area contributed by atoms with Crippen LogP contribution in [-0.2, 0) is 11.2 Å². The van der Waals surface area contributed by atoms with Gasteiger partial charge >= 0.3 is 0 Å². The summed E-state index contributed by atoms with van der Waals surface area (Å²) in [7, 11) is 0. The zero-order valence-electron chi connectivity index (χ0n) is 9.92. The summed E-state index contributed by atoms with van der Waals surface area (Å²) < 4.78 is 5.31. The number of aliphatic hydroxyl groups is 1. The van der Waals surface area contributed by atoms with Crippen molar-refractivity contribution in [1.82, 2.24) is 10.3 Å². The molecule has 0 aromatic carbocycles. The van der Waals surface area contributed by atoms with Crippen molar-refractivity contribution < 1.29 is 14.3 Å². The van der Waals surface area contributed by atoms with E-state index in [9.17, 15) is 4.79 Å². The minimum atomic E-state index is -0.548. The van der Waals surface area contributed by atoms with E-state index in [0.717, 1.165) is 4.88 Å². The van der Waals surface area contributed by atoms with E-state index in [2.05, 4.69) is 10.3 Å². The first-order valence-electron chi connectivity index (χ1n) is 5.58. The summed E-state index contributed by atoms with van der Waals surface area (Å²) >= 11 is 1.53. The number of oxazole rings is 1. The number of rotatable bonds is 5. The minimum Gasteiger partial charge on any atom is -0.444 e. The van der Waals surface area contributed by atoms with Crippen LogP contribution >= 0.6 is 11.3 Å². The van der Waals surface area contributed by atoms with Gasteiger partial charge in [-0.1, -0.05) is 6.07 Å². The van der Waals surface area contributed by atoms with Gasteiger partial charge in [0.25, 0.3) is 0 Å². The molecule has 0 fully saturated rings. The van der Waals surface area contributed by atoms with E-state index in [1.165, 1.54) is 17.6 Å². The SMILES string of the molecule is CC(O)CNC(=O)Cc1coc(-c2cccs2)n1. The molecule has 0 aliphatic carbocycles. The van der Waals surface area contributed by atoms with Gasteiger partial charge in [0.2, 0.25) is 11.8 Å². The third-order valence-electron chi connectivity index (χ3n) is 2.22. The maximum Gasteiger partial charge on any atom is 0.236 e. The second-order valence-electron chi connectivity index (χ2n) is 3.95. The molecule has 0 saturated carbocycles. The first-order valence-corrected chi connectivity index (χ1v) is 6.46. The van der Waals surface area contributed by atoms with Gasteiger partial charge < -0.3 is 14.8 Å². The molecule has 2 rings (SSSR count). The fourth-order valence-electron chi connectivity index (χ4n) is 1.39. The number of hydrogen-bond donors (Lipinski definition) is 2. The van der Waals surface area contributed by atoms with Crippen LogP contribution in [0.25, 0.3) is 10.8 Å². The molecule has 18 heavy (non-hydrogen) atoms. The van der Waals surface area contributed by atoms with Crippen molar-refractivity contribution in [1.29, 1.82) is 0 Å². The lowest BCUT2D eigenvalue weighted by Crippen LogP contribution is -2.31. The molecule has 0 aliphatic heterocycles. The van der Waals surface area contributed by atoms with Crippen molar-refractivity contribution >= 4 is 17.2 Å². The summed E-state index contributed by atoms with van der Waals surface area (Å²) in [5.41, 5.74) is 0.585. The van der Waals surface area contributed by atoms with Crippen molar-refractivity contribution in [2.75, 3.05) is 6.54 Å². The van der Waals surface area contributed by atoms with Crippen LogP contribution in [0.4, 0.5) is 0 Å². The van der Waals surface area contributed by atoms with E-state index in [1.807, 2.05) is 17.5 Å². The van der Waals surface area contributed by atoms with Crippen LogP contribution in [-0.4, -0.2) is 28.6 Å². The second kappa shape index (κ2) is 5.79. The predicted molar refractivity (Wildman–Crippen MR) is 68.2 cm³/mol. The highest BCUT2D eigenvalue weighted by Gasteiger charge is 2.11. The van der Waals surface area contributed by atoms with Crippen LogP contribution in [0.3, 0.4) is 0 Å². The average Bonchev–Trinajstić information content (AvgIpc) is 2.95. The van der Waals surface area contributed by atoms with Gasteiger partial charge in [-0.05, 0) is 18.4 Å². The van der Waals surface area contributed by atoms with Gasteiger partial charge in [0.05, 0.1) is 23.1 Å². The Bertz CT molecular complexity index is 505. The lowest BCUT2D eigenvalue weighted by atomic mass is 10.3. The molecule has 2 aromatic heterocycles. The van der Waals surface area contributed by atoms with Crippen LogP contribution in [0.1, 0.15) is 12.6 Å². The van der Waals surface area contributed by atoms with Crippen molar-refractivity contribution in [3.63, 3.8) is 0 Å². The maximum atomic E-state index is 11.5. The fraction of sp³-hybridized carbons (Fsp3) is 0.333. The van der Waals surface area contributed by atoms with Crippen molar-refractivity contribution in [2.45, 2.75) is 19.4 Å². The molecule has 0 spiro atoms. The van der Waals surface area contributed by atoms with Gasteiger partial charge in [-0.2, -0.15) is 0 Å². The summed E-state index contributed by atoms with van der Waals surface area (Å²) in [5, 5.41) is 13.6. The lowest BCUT2D eigenvalue weighted by molar-refractivity contribution is -0.120. The van der Waals surface area contributed by atoms with Crippen LogP contribution in [0.2, 0.25) is 0 Å². The molecule has 2 aromatic rings. The Balaban J connectivity index is 1.93. The second-order valence-corrected chi connectivity index (χ2v) is 4.90. The quantitative estimate of drug-likeness (QED) is 0.858. The number of hydrogen-bond acceptors (Lipinski definition) is 5. The molecule has 0 radical (unpaired) electrons. The van der Waals surface area contributed by atoms with Gasteiger partial charge in [-0.25, -0.2) is 4.98 Å². The maximum absolute atomic E-state index is 11.5. The molecule has 0 aliphatic rings. The van der Waals surface area contributed by atoms with Gasteiger partial charge in [-0.15, -0.1) is 11.3 Å². The molecule has 0 saturated heterocycles. The molecule has 96 valence electrons. The predicted octanol–water partition coefficient (Wildman–Crippen LogP) is 1.44. The molecule has 2 N–H and O–H groups in total. The molecule has 6 heteroatoms. The van der Waals surface area contributed by atoms with Crippen molar-refractivity contribution in [3.05, 3.63) is 29.5 Å². The standard InChI is InChI=1S/C12H14N2O3S/c1-8(15)6-13-11(16)5-9-7-17-12(14-9)10-3-2-4-18-10/h2-4,7-8,15H,5-6H2,1H3,(H,13,16). The average molecular weight is 266 g/mol. The highest BCUT2D eigenvalue weighted by molar-refractivity contribution is 7.13. The normalized spacial score (nSPS) is 12.3. The van der Waals surface area contributed by atoms with Gasteiger partial charge in [0.1, 0.15) is 6.26 Å². The molecule has 1 unspecified atom stereocenters. The molecule has 1 amide bonds. The summed E-state index contributed by atoms with van der Waals surface area (Å²) in [6.45, 7) is 1.86. The first kappa shape index (κ1) is 12.8. The molecule has 1 atom stereocenters. The van der Waals surface area contributed by atoms with Crippen LogP contribution in [0.15, 0.2) is 28.2 Å². The third kappa shape index (κ3) is 3.41.